The molecule has 7 heteroatoms. The van der Waals surface area contributed by atoms with E-state index >= 15 is 0 Å². The van der Waals surface area contributed by atoms with Crippen LogP contribution in [0.4, 0.5) is 0 Å². The maximum atomic E-state index is 12.2. The molecule has 0 saturated carbocycles. The predicted octanol–water partition coefficient (Wildman–Crippen LogP) is 2.89. The van der Waals surface area contributed by atoms with Crippen molar-refractivity contribution < 1.29 is 14.3 Å². The van der Waals surface area contributed by atoms with E-state index < -0.39 is 0 Å². The molecule has 1 fully saturated rings. The van der Waals surface area contributed by atoms with Crippen LogP contribution in [0.3, 0.4) is 0 Å². The van der Waals surface area contributed by atoms with Gasteiger partial charge in [-0.05, 0) is 31.2 Å². The van der Waals surface area contributed by atoms with Crippen molar-refractivity contribution in [1.82, 2.24) is 14.8 Å². The fraction of sp³-hybridized carbons (Fsp3) is 0.500. The van der Waals surface area contributed by atoms with Crippen LogP contribution in [-0.4, -0.2) is 67.2 Å². The minimum absolute atomic E-state index is 0.0260. The molecule has 0 radical (unpaired) electrons. The second-order valence-corrected chi connectivity index (χ2v) is 7.64. The largest absolute Gasteiger partial charge is 0.497 e. The maximum absolute atomic E-state index is 12.2. The molecule has 1 atom stereocenters. The molecule has 1 saturated heterocycles. The number of methoxy groups -OCH3 is 2. The molecule has 146 valence electrons. The quantitative estimate of drug-likeness (QED) is 0.729. The highest BCUT2D eigenvalue weighted by Gasteiger charge is 2.22. The summed E-state index contributed by atoms with van der Waals surface area (Å²) in [5.41, 5.74) is 2.19. The first-order chi connectivity index (χ1) is 13.1. The van der Waals surface area contributed by atoms with E-state index in [0.717, 1.165) is 54.7 Å². The van der Waals surface area contributed by atoms with E-state index in [1.807, 2.05) is 36.1 Å². The lowest BCUT2D eigenvalue weighted by Crippen LogP contribution is -2.48. The van der Waals surface area contributed by atoms with Crippen molar-refractivity contribution in [3.05, 3.63) is 35.3 Å². The molecule has 1 aliphatic heterocycles. The summed E-state index contributed by atoms with van der Waals surface area (Å²) in [4.78, 5) is 21.3. The van der Waals surface area contributed by atoms with E-state index in [1.165, 1.54) is 0 Å². The smallest absolute Gasteiger partial charge is 0.225 e. The lowest BCUT2D eigenvalue weighted by atomic mass is 10.2. The number of benzene rings is 1. The zero-order valence-electron chi connectivity index (χ0n) is 16.2. The van der Waals surface area contributed by atoms with Crippen molar-refractivity contribution in [3.63, 3.8) is 0 Å². The van der Waals surface area contributed by atoms with E-state index in [1.54, 1.807) is 25.6 Å². The van der Waals surface area contributed by atoms with Crippen LogP contribution < -0.4 is 4.74 Å². The fourth-order valence-electron chi connectivity index (χ4n) is 3.09. The number of carbonyl (C=O) groups excluding carboxylic acids is 1. The molecule has 1 unspecified atom stereocenters. The molecule has 0 aliphatic carbocycles. The van der Waals surface area contributed by atoms with E-state index in [4.69, 9.17) is 14.5 Å². The molecule has 1 amide bonds. The Morgan fingerprint density at radius 2 is 1.89 bits per heavy atom. The Morgan fingerprint density at radius 3 is 2.52 bits per heavy atom. The van der Waals surface area contributed by atoms with Gasteiger partial charge in [0.05, 0.1) is 25.3 Å². The standard InChI is InChI=1S/C20H27N3O3S/c1-15(25-2)12-19(24)23-10-8-22(9-11-23)13-17-14-27-20(21-17)16-4-6-18(26-3)7-5-16/h4-7,14-15H,8-13H2,1-3H3. The Bertz CT molecular complexity index is 739. The van der Waals surface area contributed by atoms with Crippen molar-refractivity contribution in [2.24, 2.45) is 0 Å². The number of nitrogens with zero attached hydrogens (tertiary/aromatic N) is 3. The number of piperazine rings is 1. The summed E-state index contributed by atoms with van der Waals surface area (Å²) in [5, 5.41) is 3.15. The number of amides is 1. The molecule has 27 heavy (non-hydrogen) atoms. The summed E-state index contributed by atoms with van der Waals surface area (Å²) in [5.74, 6) is 1.03. The third-order valence-corrected chi connectivity index (χ3v) is 5.80. The third-order valence-electron chi connectivity index (χ3n) is 4.86. The van der Waals surface area contributed by atoms with E-state index in [9.17, 15) is 4.79 Å². The zero-order valence-corrected chi connectivity index (χ0v) is 17.0. The maximum Gasteiger partial charge on any atom is 0.225 e. The Balaban J connectivity index is 1.51. The molecule has 2 heterocycles. The van der Waals surface area contributed by atoms with E-state index in [2.05, 4.69) is 10.3 Å². The number of hydrogen-bond donors (Lipinski definition) is 0. The lowest BCUT2D eigenvalue weighted by Gasteiger charge is -2.34. The average Bonchev–Trinajstić information content (AvgIpc) is 3.17. The van der Waals surface area contributed by atoms with Crippen molar-refractivity contribution >= 4 is 17.2 Å². The van der Waals surface area contributed by atoms with Crippen LogP contribution in [0.15, 0.2) is 29.6 Å². The van der Waals surface area contributed by atoms with Gasteiger partial charge in [-0.15, -0.1) is 11.3 Å². The Hall–Kier alpha value is -1.96. The molecular formula is C20H27N3O3S. The van der Waals surface area contributed by atoms with Gasteiger partial charge in [-0.2, -0.15) is 0 Å². The van der Waals surface area contributed by atoms with Crippen LogP contribution in [-0.2, 0) is 16.1 Å². The summed E-state index contributed by atoms with van der Waals surface area (Å²) >= 11 is 1.66. The molecular weight excluding hydrogens is 362 g/mol. The van der Waals surface area contributed by atoms with E-state index in [-0.39, 0.29) is 12.0 Å². The van der Waals surface area contributed by atoms with E-state index in [0.29, 0.717) is 6.42 Å². The van der Waals surface area contributed by atoms with Crippen molar-refractivity contribution in [1.29, 1.82) is 0 Å². The van der Waals surface area contributed by atoms with Gasteiger partial charge in [-0.3, -0.25) is 9.69 Å². The van der Waals surface area contributed by atoms with Crippen molar-refractivity contribution in [3.8, 4) is 16.3 Å². The average molecular weight is 390 g/mol. The van der Waals surface area contributed by atoms with Crippen molar-refractivity contribution in [2.45, 2.75) is 26.0 Å². The minimum atomic E-state index is -0.0260. The number of ether oxygens (including phenoxy) is 2. The first kappa shape index (κ1) is 19.8. The third kappa shape index (κ3) is 5.28. The monoisotopic (exact) mass is 389 g/mol. The molecule has 1 aromatic carbocycles. The summed E-state index contributed by atoms with van der Waals surface area (Å²) in [6, 6.07) is 7.98. The topological polar surface area (TPSA) is 54.9 Å². The van der Waals surface area contributed by atoms with Gasteiger partial charge < -0.3 is 14.4 Å². The van der Waals surface area contributed by atoms with Crippen molar-refractivity contribution in [2.75, 3.05) is 40.4 Å². The van der Waals surface area contributed by atoms with Crippen LogP contribution >= 0.6 is 11.3 Å². The Labute approximate surface area is 164 Å². The van der Waals surface area contributed by atoms with Gasteiger partial charge in [0.25, 0.3) is 0 Å². The lowest BCUT2D eigenvalue weighted by molar-refractivity contribution is -0.135. The van der Waals surface area contributed by atoms with Gasteiger partial charge in [-0.25, -0.2) is 4.98 Å². The second kappa shape index (κ2) is 9.30. The first-order valence-corrected chi connectivity index (χ1v) is 10.1. The number of aromatic nitrogens is 1. The molecule has 6 nitrogen and oxygen atoms in total. The van der Waals surface area contributed by atoms with Crippen LogP contribution in [0.2, 0.25) is 0 Å². The molecule has 2 aromatic rings. The highest BCUT2D eigenvalue weighted by molar-refractivity contribution is 7.13. The molecule has 0 N–H and O–H groups in total. The Kier molecular flexibility index (Phi) is 6.82. The number of carbonyl (C=O) groups is 1. The van der Waals surface area contributed by atoms with Crippen LogP contribution in [0, 0.1) is 0 Å². The normalized spacial score (nSPS) is 16.3. The summed E-state index contributed by atoms with van der Waals surface area (Å²) < 4.78 is 10.4. The van der Waals surface area contributed by atoms with Gasteiger partial charge in [0.15, 0.2) is 0 Å². The molecule has 0 spiro atoms. The summed E-state index contributed by atoms with van der Waals surface area (Å²) in [6.45, 7) is 6.04. The van der Waals surface area contributed by atoms with Gasteiger partial charge in [0, 0.05) is 50.8 Å². The van der Waals surface area contributed by atoms with Gasteiger partial charge >= 0.3 is 0 Å². The molecule has 1 aromatic heterocycles. The minimum Gasteiger partial charge on any atom is -0.497 e. The molecule has 3 rings (SSSR count). The zero-order chi connectivity index (χ0) is 19.2. The highest BCUT2D eigenvalue weighted by atomic mass is 32.1. The van der Waals surface area contributed by atoms with Crippen LogP contribution in [0.5, 0.6) is 5.75 Å². The molecule has 0 bridgehead atoms. The van der Waals surface area contributed by atoms with Crippen LogP contribution in [0.25, 0.3) is 10.6 Å². The van der Waals surface area contributed by atoms with Crippen LogP contribution in [0.1, 0.15) is 19.0 Å². The molecule has 1 aliphatic rings. The predicted molar refractivity (Wildman–Crippen MR) is 107 cm³/mol. The Morgan fingerprint density at radius 1 is 1.19 bits per heavy atom. The number of thiazole rings is 1. The summed E-state index contributed by atoms with van der Waals surface area (Å²) in [7, 11) is 3.31. The fourth-order valence-corrected chi connectivity index (χ4v) is 3.91. The number of hydrogen-bond acceptors (Lipinski definition) is 6. The SMILES string of the molecule is COc1ccc(-c2nc(CN3CCN(C(=O)CC(C)OC)CC3)cs2)cc1. The highest BCUT2D eigenvalue weighted by Crippen LogP contribution is 2.26. The second-order valence-electron chi connectivity index (χ2n) is 6.78. The van der Waals surface area contributed by atoms with Gasteiger partial charge in [-0.1, -0.05) is 0 Å². The van der Waals surface area contributed by atoms with Gasteiger partial charge in [0.2, 0.25) is 5.91 Å². The number of rotatable bonds is 7. The first-order valence-electron chi connectivity index (χ1n) is 9.20. The van der Waals surface area contributed by atoms with Gasteiger partial charge in [0.1, 0.15) is 10.8 Å². The summed E-state index contributed by atoms with van der Waals surface area (Å²) in [6.07, 6.45) is 0.426.